The van der Waals surface area contributed by atoms with Crippen molar-refractivity contribution in [1.82, 2.24) is 0 Å². The number of benzene rings is 4. The van der Waals surface area contributed by atoms with Crippen molar-refractivity contribution in [2.24, 2.45) is 0 Å². The van der Waals surface area contributed by atoms with Crippen molar-refractivity contribution in [2.45, 2.75) is 58.5 Å². The standard InChI is InChI=1S/C35H34O6/c1-5-33(36)40-23(3)38-27-19-15-25(16-20-27)35(26-17-21-28(22-18-26)39-24(4)41-34(37)6-2)31-13-9-7-11-29(31)30-12-8-10-14-32(30)35/h7-24H,5-6H2,1-4H3. The van der Waals surface area contributed by atoms with Gasteiger partial charge in [0, 0.05) is 26.7 Å². The molecular formula is C35H34O6. The van der Waals surface area contributed by atoms with Crippen LogP contribution in [0.2, 0.25) is 0 Å². The lowest BCUT2D eigenvalue weighted by Crippen LogP contribution is -2.28. The van der Waals surface area contributed by atoms with Crippen molar-refractivity contribution >= 4 is 11.9 Å². The van der Waals surface area contributed by atoms with Crippen molar-refractivity contribution in [1.29, 1.82) is 0 Å². The maximum atomic E-state index is 11.7. The minimum Gasteiger partial charge on any atom is -0.455 e. The van der Waals surface area contributed by atoms with E-state index in [9.17, 15) is 9.59 Å². The second kappa shape index (κ2) is 11.9. The summed E-state index contributed by atoms with van der Waals surface area (Å²) in [6, 6.07) is 32.9. The fourth-order valence-corrected chi connectivity index (χ4v) is 5.56. The van der Waals surface area contributed by atoms with E-state index >= 15 is 0 Å². The average molecular weight is 551 g/mol. The number of hydrogen-bond acceptors (Lipinski definition) is 6. The number of ether oxygens (including phenoxy) is 4. The summed E-state index contributed by atoms with van der Waals surface area (Å²) in [4.78, 5) is 23.4. The second-order valence-electron chi connectivity index (χ2n) is 9.95. The topological polar surface area (TPSA) is 71.1 Å². The zero-order chi connectivity index (χ0) is 29.0. The van der Waals surface area contributed by atoms with Crippen molar-refractivity contribution in [2.75, 3.05) is 0 Å². The molecule has 0 heterocycles. The summed E-state index contributed by atoms with van der Waals surface area (Å²) in [7, 11) is 0. The molecule has 0 saturated heterocycles. The Morgan fingerprint density at radius 1 is 0.585 bits per heavy atom. The largest absolute Gasteiger partial charge is 0.455 e. The highest BCUT2D eigenvalue weighted by atomic mass is 16.7. The van der Waals surface area contributed by atoms with Gasteiger partial charge < -0.3 is 18.9 Å². The molecular weight excluding hydrogens is 516 g/mol. The highest BCUT2D eigenvalue weighted by Gasteiger charge is 2.45. The van der Waals surface area contributed by atoms with Crippen LogP contribution in [0.25, 0.3) is 11.1 Å². The summed E-state index contributed by atoms with van der Waals surface area (Å²) in [6.07, 6.45) is -0.801. The van der Waals surface area contributed by atoms with Gasteiger partial charge >= 0.3 is 11.9 Å². The van der Waals surface area contributed by atoms with Crippen LogP contribution < -0.4 is 9.47 Å². The molecule has 0 bridgehead atoms. The van der Waals surface area contributed by atoms with E-state index in [2.05, 4.69) is 72.8 Å². The van der Waals surface area contributed by atoms with Gasteiger partial charge in [-0.15, -0.1) is 0 Å². The molecule has 4 aromatic rings. The van der Waals surface area contributed by atoms with Crippen molar-refractivity contribution < 1.29 is 28.5 Å². The first kappa shape index (κ1) is 28.0. The smallest absolute Gasteiger partial charge is 0.308 e. The predicted molar refractivity (Wildman–Crippen MR) is 157 cm³/mol. The molecule has 0 aromatic heterocycles. The molecule has 0 N–H and O–H groups in total. The van der Waals surface area contributed by atoms with Crippen LogP contribution in [0.5, 0.6) is 11.5 Å². The Kier molecular flexibility index (Phi) is 8.11. The van der Waals surface area contributed by atoms with Crippen LogP contribution in [0.1, 0.15) is 62.8 Å². The molecule has 2 unspecified atom stereocenters. The first-order valence-electron chi connectivity index (χ1n) is 14.0. The molecule has 4 aromatic carbocycles. The van der Waals surface area contributed by atoms with E-state index in [0.29, 0.717) is 24.3 Å². The van der Waals surface area contributed by atoms with Crippen LogP contribution in [-0.2, 0) is 24.5 Å². The lowest BCUT2D eigenvalue weighted by molar-refractivity contribution is -0.162. The van der Waals surface area contributed by atoms with E-state index in [4.69, 9.17) is 18.9 Å². The number of fused-ring (bicyclic) bond motifs is 3. The molecule has 1 aliphatic carbocycles. The summed E-state index contributed by atoms with van der Waals surface area (Å²) in [5, 5.41) is 0. The highest BCUT2D eigenvalue weighted by Crippen LogP contribution is 2.56. The van der Waals surface area contributed by atoms with E-state index in [0.717, 1.165) is 11.1 Å². The van der Waals surface area contributed by atoms with Crippen LogP contribution in [-0.4, -0.2) is 24.5 Å². The van der Waals surface area contributed by atoms with Gasteiger partial charge in [0.15, 0.2) is 0 Å². The third-order valence-electron chi connectivity index (χ3n) is 7.30. The minimum atomic E-state index is -0.693. The summed E-state index contributed by atoms with van der Waals surface area (Å²) >= 11 is 0. The van der Waals surface area contributed by atoms with Crippen molar-refractivity contribution in [3.63, 3.8) is 0 Å². The third-order valence-corrected chi connectivity index (χ3v) is 7.30. The van der Waals surface area contributed by atoms with Crippen LogP contribution in [0.15, 0.2) is 97.1 Å². The first-order chi connectivity index (χ1) is 19.9. The molecule has 2 atom stereocenters. The minimum absolute atomic E-state index is 0.292. The quantitative estimate of drug-likeness (QED) is 0.133. The Bertz CT molecular complexity index is 1410. The monoisotopic (exact) mass is 550 g/mol. The van der Waals surface area contributed by atoms with Gasteiger partial charge in [-0.3, -0.25) is 9.59 Å². The number of rotatable bonds is 10. The van der Waals surface area contributed by atoms with Crippen LogP contribution in [0, 0.1) is 0 Å². The zero-order valence-corrected chi connectivity index (χ0v) is 23.8. The fraction of sp³-hybridized carbons (Fsp3) is 0.257. The molecule has 1 aliphatic rings. The van der Waals surface area contributed by atoms with Gasteiger partial charge in [-0.25, -0.2) is 0 Å². The SMILES string of the molecule is CCC(=O)OC(C)Oc1ccc(C2(c3ccc(OC(C)OC(=O)CC)cc3)c3ccccc3-c3ccccc32)cc1. The number of esters is 2. The summed E-state index contributed by atoms with van der Waals surface area (Å²) in [5.41, 5.74) is 6.27. The normalized spacial score (nSPS) is 14.2. The van der Waals surface area contributed by atoms with Crippen molar-refractivity contribution in [3.8, 4) is 22.6 Å². The number of hydrogen-bond donors (Lipinski definition) is 0. The lowest BCUT2D eigenvalue weighted by atomic mass is 9.68. The molecule has 0 amide bonds. The third kappa shape index (κ3) is 5.42. The average Bonchev–Trinajstić information content (AvgIpc) is 3.29. The van der Waals surface area contributed by atoms with E-state index in [1.807, 2.05) is 24.3 Å². The molecule has 0 fully saturated rings. The lowest BCUT2D eigenvalue weighted by Gasteiger charge is -2.34. The van der Waals surface area contributed by atoms with Gasteiger partial charge in [-0.2, -0.15) is 0 Å². The van der Waals surface area contributed by atoms with Gasteiger partial charge in [0.25, 0.3) is 0 Å². The van der Waals surface area contributed by atoms with E-state index in [-0.39, 0.29) is 11.9 Å². The molecule has 5 rings (SSSR count). The molecule has 0 radical (unpaired) electrons. The van der Waals surface area contributed by atoms with Gasteiger partial charge in [-0.05, 0) is 57.6 Å². The fourth-order valence-electron chi connectivity index (χ4n) is 5.56. The zero-order valence-electron chi connectivity index (χ0n) is 23.8. The number of carbonyl (C=O) groups excluding carboxylic acids is 2. The maximum Gasteiger partial charge on any atom is 0.308 e. The van der Waals surface area contributed by atoms with Crippen LogP contribution in [0.3, 0.4) is 0 Å². The molecule has 0 spiro atoms. The molecule has 0 aliphatic heterocycles. The summed E-state index contributed by atoms with van der Waals surface area (Å²) in [6.45, 7) is 6.92. The van der Waals surface area contributed by atoms with Gasteiger partial charge in [-0.1, -0.05) is 86.6 Å². The Morgan fingerprint density at radius 2 is 0.951 bits per heavy atom. The van der Waals surface area contributed by atoms with E-state index in [1.54, 1.807) is 27.7 Å². The molecule has 41 heavy (non-hydrogen) atoms. The van der Waals surface area contributed by atoms with E-state index < -0.39 is 18.0 Å². The van der Waals surface area contributed by atoms with Crippen LogP contribution >= 0.6 is 0 Å². The molecule has 6 heteroatoms. The van der Waals surface area contributed by atoms with Gasteiger partial charge in [0.2, 0.25) is 12.6 Å². The molecule has 6 nitrogen and oxygen atoms in total. The van der Waals surface area contributed by atoms with Crippen LogP contribution in [0.4, 0.5) is 0 Å². The van der Waals surface area contributed by atoms with E-state index in [1.165, 1.54) is 22.3 Å². The summed E-state index contributed by atoms with van der Waals surface area (Å²) < 4.78 is 22.3. The maximum absolute atomic E-state index is 11.7. The Morgan fingerprint density at radius 3 is 1.32 bits per heavy atom. The second-order valence-corrected chi connectivity index (χ2v) is 9.95. The molecule has 210 valence electrons. The highest BCUT2D eigenvalue weighted by molar-refractivity contribution is 5.86. The Labute approximate surface area is 240 Å². The summed E-state index contributed by atoms with van der Waals surface area (Å²) in [5.74, 6) is 0.605. The van der Waals surface area contributed by atoms with Crippen molar-refractivity contribution in [3.05, 3.63) is 119 Å². The predicted octanol–water partition coefficient (Wildman–Crippen LogP) is 7.41. The molecule has 0 saturated carbocycles. The Hall–Kier alpha value is -4.58. The van der Waals surface area contributed by atoms with Gasteiger partial charge in [0.05, 0.1) is 5.41 Å². The first-order valence-corrected chi connectivity index (χ1v) is 14.0. The number of carbonyl (C=O) groups is 2. The Balaban J connectivity index is 1.56. The van der Waals surface area contributed by atoms with Gasteiger partial charge in [0.1, 0.15) is 11.5 Å².